The van der Waals surface area contributed by atoms with Gasteiger partial charge in [-0.25, -0.2) is 0 Å². The summed E-state index contributed by atoms with van der Waals surface area (Å²) in [5.41, 5.74) is 1.59. The molecule has 0 aliphatic heterocycles. The molecule has 1 aliphatic carbocycles. The van der Waals surface area contributed by atoms with Crippen molar-refractivity contribution in [1.29, 1.82) is 0 Å². The molecule has 0 saturated heterocycles. The molecule has 1 fully saturated rings. The van der Waals surface area contributed by atoms with Crippen LogP contribution in [0.15, 0.2) is 36.5 Å². The highest BCUT2D eigenvalue weighted by atomic mass is 16.1. The minimum Gasteiger partial charge on any atom is -0.347 e. The largest absolute Gasteiger partial charge is 0.347 e. The molecule has 1 heterocycles. The van der Waals surface area contributed by atoms with E-state index in [2.05, 4.69) is 17.2 Å². The van der Waals surface area contributed by atoms with E-state index >= 15 is 0 Å². The summed E-state index contributed by atoms with van der Waals surface area (Å²) in [6.45, 7) is 2.19. The van der Waals surface area contributed by atoms with Crippen molar-refractivity contribution in [2.45, 2.75) is 57.4 Å². The van der Waals surface area contributed by atoms with Crippen LogP contribution in [0.3, 0.4) is 0 Å². The van der Waals surface area contributed by atoms with Crippen LogP contribution in [-0.2, 0) is 0 Å². The molecule has 3 rings (SSSR count). The van der Waals surface area contributed by atoms with Crippen molar-refractivity contribution in [3.8, 4) is 0 Å². The van der Waals surface area contributed by atoms with E-state index in [9.17, 15) is 4.79 Å². The van der Waals surface area contributed by atoms with Gasteiger partial charge in [0.05, 0.1) is 11.1 Å². The van der Waals surface area contributed by atoms with Crippen molar-refractivity contribution >= 4 is 16.8 Å². The lowest BCUT2D eigenvalue weighted by atomic mass is 9.78. The van der Waals surface area contributed by atoms with E-state index in [4.69, 9.17) is 0 Å². The Kier molecular flexibility index (Phi) is 4.41. The maximum absolute atomic E-state index is 12.7. The number of carbonyl (C=O) groups is 1. The summed E-state index contributed by atoms with van der Waals surface area (Å²) in [5, 5.41) is 4.35. The monoisotopic (exact) mass is 296 g/mol. The zero-order valence-electron chi connectivity index (χ0n) is 13.3. The molecule has 1 saturated carbocycles. The Bertz CT molecular complexity index is 654. The first-order chi connectivity index (χ1) is 10.7. The number of nitrogens with zero attached hydrogens (tertiary/aromatic N) is 1. The molecule has 3 heteroatoms. The number of benzene rings is 1. The van der Waals surface area contributed by atoms with E-state index in [0.29, 0.717) is 5.56 Å². The molecule has 3 nitrogen and oxygen atoms in total. The van der Waals surface area contributed by atoms with Crippen molar-refractivity contribution in [1.82, 2.24) is 10.3 Å². The van der Waals surface area contributed by atoms with Gasteiger partial charge in [0.15, 0.2) is 0 Å². The number of hydrogen-bond acceptors (Lipinski definition) is 2. The molecule has 0 bridgehead atoms. The van der Waals surface area contributed by atoms with Gasteiger partial charge in [0, 0.05) is 17.1 Å². The second-order valence-corrected chi connectivity index (χ2v) is 6.46. The number of nitrogens with one attached hydrogen (secondary N) is 1. The zero-order valence-corrected chi connectivity index (χ0v) is 13.3. The van der Waals surface area contributed by atoms with E-state index in [1.165, 1.54) is 19.3 Å². The SMILES string of the molecule is CCCC1(NC(=O)c2cnc3ccccc3c2)CCCCC1. The van der Waals surface area contributed by atoms with Crippen LogP contribution in [0.25, 0.3) is 10.9 Å². The van der Waals surface area contributed by atoms with Crippen molar-refractivity contribution in [2.75, 3.05) is 0 Å². The highest BCUT2D eigenvalue weighted by molar-refractivity contribution is 5.97. The van der Waals surface area contributed by atoms with E-state index in [1.807, 2.05) is 30.3 Å². The molecule has 1 aromatic carbocycles. The number of rotatable bonds is 4. The molecule has 0 radical (unpaired) electrons. The molecule has 116 valence electrons. The summed E-state index contributed by atoms with van der Waals surface area (Å²) >= 11 is 0. The van der Waals surface area contributed by atoms with Crippen LogP contribution in [-0.4, -0.2) is 16.4 Å². The standard InChI is InChI=1S/C19H24N2O/c1-2-10-19(11-6-3-7-12-19)21-18(22)16-13-15-8-4-5-9-17(15)20-14-16/h4-5,8-9,13-14H,2-3,6-7,10-12H2,1H3,(H,21,22). The summed E-state index contributed by atoms with van der Waals surface area (Å²) in [5.74, 6) is 0.0219. The average molecular weight is 296 g/mol. The lowest BCUT2D eigenvalue weighted by Gasteiger charge is -2.38. The van der Waals surface area contributed by atoms with Crippen molar-refractivity contribution in [3.05, 3.63) is 42.1 Å². The predicted molar refractivity (Wildman–Crippen MR) is 89.9 cm³/mol. The second kappa shape index (κ2) is 6.47. The molecule has 1 N–H and O–H groups in total. The molecular formula is C19H24N2O. The Morgan fingerprint density at radius 2 is 2.00 bits per heavy atom. The highest BCUT2D eigenvalue weighted by Crippen LogP contribution is 2.32. The molecule has 0 spiro atoms. The average Bonchev–Trinajstić information content (AvgIpc) is 2.55. The van der Waals surface area contributed by atoms with Gasteiger partial charge in [0.2, 0.25) is 0 Å². The third kappa shape index (κ3) is 3.13. The molecular weight excluding hydrogens is 272 g/mol. The first-order valence-electron chi connectivity index (χ1n) is 8.40. The van der Waals surface area contributed by atoms with Crippen molar-refractivity contribution in [2.24, 2.45) is 0 Å². The Labute approximate surface area is 132 Å². The van der Waals surface area contributed by atoms with Crippen LogP contribution in [0.1, 0.15) is 62.2 Å². The maximum atomic E-state index is 12.7. The first kappa shape index (κ1) is 15.0. The smallest absolute Gasteiger partial charge is 0.253 e. The molecule has 22 heavy (non-hydrogen) atoms. The van der Waals surface area contributed by atoms with Crippen LogP contribution >= 0.6 is 0 Å². The zero-order chi connectivity index (χ0) is 15.4. The fourth-order valence-corrected chi connectivity index (χ4v) is 3.65. The maximum Gasteiger partial charge on any atom is 0.253 e. The second-order valence-electron chi connectivity index (χ2n) is 6.46. The minimum absolute atomic E-state index is 0.00424. The Balaban J connectivity index is 1.81. The van der Waals surface area contributed by atoms with Crippen LogP contribution in [0.2, 0.25) is 0 Å². The van der Waals surface area contributed by atoms with Gasteiger partial charge in [-0.2, -0.15) is 0 Å². The molecule has 1 aliphatic rings. The molecule has 0 unspecified atom stereocenters. The summed E-state index contributed by atoms with van der Waals surface area (Å²) in [4.78, 5) is 17.1. The predicted octanol–water partition coefficient (Wildman–Crippen LogP) is 4.47. The van der Waals surface area contributed by atoms with Gasteiger partial charge in [-0.15, -0.1) is 0 Å². The van der Waals surface area contributed by atoms with Gasteiger partial charge >= 0.3 is 0 Å². The van der Waals surface area contributed by atoms with E-state index in [0.717, 1.165) is 36.6 Å². The summed E-state index contributed by atoms with van der Waals surface area (Å²) in [6.07, 6.45) is 9.81. The van der Waals surface area contributed by atoms with Gasteiger partial charge in [0.25, 0.3) is 5.91 Å². The molecule has 0 atom stereocenters. The fraction of sp³-hybridized carbons (Fsp3) is 0.474. The molecule has 1 aromatic heterocycles. The first-order valence-corrected chi connectivity index (χ1v) is 8.40. The van der Waals surface area contributed by atoms with E-state index in [1.54, 1.807) is 6.20 Å². The highest BCUT2D eigenvalue weighted by Gasteiger charge is 2.32. The normalized spacial score (nSPS) is 17.3. The van der Waals surface area contributed by atoms with Gasteiger partial charge in [-0.05, 0) is 31.4 Å². The quantitative estimate of drug-likeness (QED) is 0.904. The van der Waals surface area contributed by atoms with Crippen LogP contribution < -0.4 is 5.32 Å². The lowest BCUT2D eigenvalue weighted by molar-refractivity contribution is 0.0859. The Morgan fingerprint density at radius 3 is 2.77 bits per heavy atom. The van der Waals surface area contributed by atoms with Gasteiger partial charge in [0.1, 0.15) is 0 Å². The van der Waals surface area contributed by atoms with Crippen molar-refractivity contribution < 1.29 is 4.79 Å². The van der Waals surface area contributed by atoms with Gasteiger partial charge in [-0.3, -0.25) is 9.78 Å². The number of hydrogen-bond donors (Lipinski definition) is 1. The van der Waals surface area contributed by atoms with Crippen LogP contribution in [0.4, 0.5) is 0 Å². The van der Waals surface area contributed by atoms with Gasteiger partial charge in [-0.1, -0.05) is 50.8 Å². The van der Waals surface area contributed by atoms with E-state index in [-0.39, 0.29) is 11.4 Å². The topological polar surface area (TPSA) is 42.0 Å². The van der Waals surface area contributed by atoms with Crippen LogP contribution in [0.5, 0.6) is 0 Å². The number of para-hydroxylation sites is 1. The third-order valence-electron chi connectivity index (χ3n) is 4.77. The minimum atomic E-state index is -0.00424. The van der Waals surface area contributed by atoms with Gasteiger partial charge < -0.3 is 5.32 Å². The lowest BCUT2D eigenvalue weighted by Crippen LogP contribution is -2.49. The van der Waals surface area contributed by atoms with E-state index < -0.39 is 0 Å². The van der Waals surface area contributed by atoms with Crippen LogP contribution in [0, 0.1) is 0 Å². The summed E-state index contributed by atoms with van der Waals surface area (Å²) < 4.78 is 0. The number of pyridine rings is 1. The Morgan fingerprint density at radius 1 is 1.23 bits per heavy atom. The summed E-state index contributed by atoms with van der Waals surface area (Å²) in [7, 11) is 0. The summed E-state index contributed by atoms with van der Waals surface area (Å²) in [6, 6.07) is 9.86. The number of fused-ring (bicyclic) bond motifs is 1. The third-order valence-corrected chi connectivity index (χ3v) is 4.77. The Hall–Kier alpha value is -1.90. The number of carbonyl (C=O) groups excluding carboxylic acids is 1. The molecule has 1 amide bonds. The molecule has 2 aromatic rings. The fourth-order valence-electron chi connectivity index (χ4n) is 3.65. The number of amides is 1. The van der Waals surface area contributed by atoms with Crippen molar-refractivity contribution in [3.63, 3.8) is 0 Å². The number of aromatic nitrogens is 1.